The van der Waals surface area contributed by atoms with Crippen molar-refractivity contribution in [2.45, 2.75) is 56.3 Å². The maximum absolute atomic E-state index is 13.9. The number of benzene rings is 2. The van der Waals surface area contributed by atoms with E-state index in [-0.39, 0.29) is 17.8 Å². The Labute approximate surface area is 158 Å². The number of hydrogen-bond donors (Lipinski definition) is 1. The molecule has 2 bridgehead atoms. The van der Waals surface area contributed by atoms with Gasteiger partial charge in [-0.15, -0.1) is 0 Å². The molecular formula is C22H25F2NO2. The van der Waals surface area contributed by atoms with Crippen LogP contribution in [-0.4, -0.2) is 29.2 Å². The zero-order chi connectivity index (χ0) is 19.0. The summed E-state index contributed by atoms with van der Waals surface area (Å²) in [5.41, 5.74) is 0.411. The molecule has 0 saturated carbocycles. The van der Waals surface area contributed by atoms with Gasteiger partial charge in [0.2, 0.25) is 0 Å². The van der Waals surface area contributed by atoms with Gasteiger partial charge in [0.1, 0.15) is 5.75 Å². The van der Waals surface area contributed by atoms with E-state index < -0.39 is 17.2 Å². The fourth-order valence-electron chi connectivity index (χ4n) is 4.85. The lowest BCUT2D eigenvalue weighted by Gasteiger charge is -2.52. The Balaban J connectivity index is 1.64. The maximum Gasteiger partial charge on any atom is 0.162 e. The van der Waals surface area contributed by atoms with E-state index in [1.807, 2.05) is 18.2 Å². The summed E-state index contributed by atoms with van der Waals surface area (Å²) in [5.74, 6) is -1.69. The lowest BCUT2D eigenvalue weighted by Crippen LogP contribution is -2.56. The third-order valence-corrected chi connectivity index (χ3v) is 6.11. The van der Waals surface area contributed by atoms with E-state index >= 15 is 0 Å². The van der Waals surface area contributed by atoms with Crippen molar-refractivity contribution in [1.82, 2.24) is 4.90 Å². The van der Waals surface area contributed by atoms with Gasteiger partial charge in [-0.2, -0.15) is 0 Å². The van der Waals surface area contributed by atoms with Gasteiger partial charge in [-0.25, -0.2) is 8.78 Å². The second-order valence-corrected chi connectivity index (χ2v) is 7.80. The molecule has 144 valence electrons. The summed E-state index contributed by atoms with van der Waals surface area (Å²) in [7, 11) is 1.42. The number of methoxy groups -OCH3 is 1. The molecule has 2 saturated heterocycles. The topological polar surface area (TPSA) is 32.7 Å². The average molecular weight is 373 g/mol. The molecule has 0 aromatic heterocycles. The molecular weight excluding hydrogens is 348 g/mol. The zero-order valence-electron chi connectivity index (χ0n) is 15.5. The third kappa shape index (κ3) is 3.46. The molecule has 27 heavy (non-hydrogen) atoms. The number of hydrogen-bond acceptors (Lipinski definition) is 3. The third-order valence-electron chi connectivity index (χ3n) is 6.11. The maximum atomic E-state index is 13.9. The second-order valence-electron chi connectivity index (χ2n) is 7.80. The average Bonchev–Trinajstić information content (AvgIpc) is 2.65. The highest BCUT2D eigenvalue weighted by atomic mass is 19.2. The van der Waals surface area contributed by atoms with Crippen LogP contribution in [0, 0.1) is 11.6 Å². The first-order chi connectivity index (χ1) is 13.0. The van der Waals surface area contributed by atoms with E-state index in [1.54, 1.807) is 0 Å². The van der Waals surface area contributed by atoms with Crippen LogP contribution in [0.15, 0.2) is 42.5 Å². The molecule has 2 atom stereocenters. The van der Waals surface area contributed by atoms with Crippen molar-refractivity contribution in [3.8, 4) is 5.75 Å². The van der Waals surface area contributed by atoms with Crippen LogP contribution in [0.25, 0.3) is 0 Å². The molecule has 0 spiro atoms. The standard InChI is InChI=1S/C22H25F2NO2/c1-27-21-11-20(24)19(23)10-18(21)22(26)12-16-8-5-9-17(13-22)25(16)14-15-6-3-2-4-7-15/h2-4,6-7,10-11,16-17,26H,5,8-9,12-14H2,1H3. The number of ether oxygens (including phenoxy) is 1. The lowest BCUT2D eigenvalue weighted by molar-refractivity contribution is -0.101. The van der Waals surface area contributed by atoms with Crippen molar-refractivity contribution in [2.75, 3.05) is 7.11 Å². The minimum absolute atomic E-state index is 0.209. The first-order valence-corrected chi connectivity index (χ1v) is 9.56. The molecule has 2 aromatic carbocycles. The number of piperidine rings is 2. The van der Waals surface area contributed by atoms with Gasteiger partial charge in [0.05, 0.1) is 12.7 Å². The highest BCUT2D eigenvalue weighted by Crippen LogP contribution is 2.47. The van der Waals surface area contributed by atoms with Gasteiger partial charge in [-0.1, -0.05) is 36.8 Å². The fraction of sp³-hybridized carbons (Fsp3) is 0.455. The molecule has 2 aliphatic rings. The Hall–Kier alpha value is -1.98. The zero-order valence-corrected chi connectivity index (χ0v) is 15.5. The smallest absolute Gasteiger partial charge is 0.162 e. The Morgan fingerprint density at radius 2 is 1.70 bits per heavy atom. The molecule has 2 unspecified atom stereocenters. The predicted molar refractivity (Wildman–Crippen MR) is 99.5 cm³/mol. The predicted octanol–water partition coefficient (Wildman–Crippen LogP) is 4.38. The first kappa shape index (κ1) is 18.4. The monoisotopic (exact) mass is 373 g/mol. The van der Waals surface area contributed by atoms with Gasteiger partial charge < -0.3 is 9.84 Å². The number of aliphatic hydroxyl groups is 1. The van der Waals surface area contributed by atoms with E-state index in [0.717, 1.165) is 37.9 Å². The SMILES string of the molecule is COc1cc(F)c(F)cc1C1(O)CC2CCCC(C1)N2Cc1ccccc1. The highest BCUT2D eigenvalue weighted by molar-refractivity contribution is 5.40. The van der Waals surface area contributed by atoms with Crippen LogP contribution in [0.4, 0.5) is 8.78 Å². The minimum Gasteiger partial charge on any atom is -0.496 e. The first-order valence-electron chi connectivity index (χ1n) is 9.56. The van der Waals surface area contributed by atoms with E-state index in [4.69, 9.17) is 4.74 Å². The molecule has 0 amide bonds. The Bertz CT molecular complexity index is 797. The van der Waals surface area contributed by atoms with Crippen LogP contribution in [0.2, 0.25) is 0 Å². The summed E-state index contributed by atoms with van der Waals surface area (Å²) < 4.78 is 32.8. The quantitative estimate of drug-likeness (QED) is 0.863. The lowest BCUT2D eigenvalue weighted by atomic mass is 9.72. The number of fused-ring (bicyclic) bond motifs is 2. The van der Waals surface area contributed by atoms with Crippen molar-refractivity contribution in [2.24, 2.45) is 0 Å². The van der Waals surface area contributed by atoms with Crippen molar-refractivity contribution >= 4 is 0 Å². The van der Waals surface area contributed by atoms with Gasteiger partial charge >= 0.3 is 0 Å². The van der Waals surface area contributed by atoms with Crippen molar-refractivity contribution in [3.05, 3.63) is 65.2 Å². The second kappa shape index (κ2) is 7.21. The Kier molecular flexibility index (Phi) is 4.91. The van der Waals surface area contributed by atoms with E-state index in [0.29, 0.717) is 18.4 Å². The summed E-state index contributed by atoms with van der Waals surface area (Å²) in [6.45, 7) is 0.848. The number of rotatable bonds is 4. The van der Waals surface area contributed by atoms with E-state index in [1.165, 1.54) is 12.7 Å². The van der Waals surface area contributed by atoms with Crippen molar-refractivity contribution in [1.29, 1.82) is 0 Å². The van der Waals surface area contributed by atoms with E-state index in [2.05, 4.69) is 17.0 Å². The molecule has 5 heteroatoms. The normalized spacial score (nSPS) is 28.1. The van der Waals surface area contributed by atoms with Crippen LogP contribution in [0.3, 0.4) is 0 Å². The molecule has 2 fully saturated rings. The van der Waals surface area contributed by atoms with Crippen molar-refractivity contribution in [3.63, 3.8) is 0 Å². The summed E-state index contributed by atoms with van der Waals surface area (Å²) in [6.07, 6.45) is 4.12. The molecule has 2 aliphatic heterocycles. The van der Waals surface area contributed by atoms with Gasteiger partial charge in [0, 0.05) is 30.3 Å². The van der Waals surface area contributed by atoms with Gasteiger partial charge in [-0.05, 0) is 37.3 Å². The minimum atomic E-state index is -1.21. The van der Waals surface area contributed by atoms with Crippen LogP contribution in [0.1, 0.15) is 43.2 Å². The van der Waals surface area contributed by atoms with Crippen LogP contribution in [0.5, 0.6) is 5.75 Å². The van der Waals surface area contributed by atoms with Gasteiger partial charge in [-0.3, -0.25) is 4.90 Å². The number of halogens is 2. The molecule has 1 N–H and O–H groups in total. The van der Waals surface area contributed by atoms with Gasteiger partial charge in [0.15, 0.2) is 11.6 Å². The molecule has 2 heterocycles. The molecule has 0 aliphatic carbocycles. The van der Waals surface area contributed by atoms with E-state index in [9.17, 15) is 13.9 Å². The summed E-state index contributed by atoms with van der Waals surface area (Å²) in [6, 6.07) is 12.9. The summed E-state index contributed by atoms with van der Waals surface area (Å²) in [5, 5.41) is 11.5. The van der Waals surface area contributed by atoms with Crippen LogP contribution < -0.4 is 4.74 Å². The number of nitrogens with zero attached hydrogens (tertiary/aromatic N) is 1. The summed E-state index contributed by atoms with van der Waals surface area (Å²) in [4.78, 5) is 2.47. The molecule has 4 rings (SSSR count). The Morgan fingerprint density at radius 1 is 1.07 bits per heavy atom. The highest BCUT2D eigenvalue weighted by Gasteiger charge is 2.47. The van der Waals surface area contributed by atoms with Crippen LogP contribution >= 0.6 is 0 Å². The largest absolute Gasteiger partial charge is 0.496 e. The molecule has 3 nitrogen and oxygen atoms in total. The summed E-state index contributed by atoms with van der Waals surface area (Å²) >= 11 is 0. The molecule has 0 radical (unpaired) electrons. The van der Waals surface area contributed by atoms with Crippen LogP contribution in [-0.2, 0) is 12.1 Å². The molecule has 2 aromatic rings. The fourth-order valence-corrected chi connectivity index (χ4v) is 4.85. The van der Waals surface area contributed by atoms with Gasteiger partial charge in [0.25, 0.3) is 0 Å². The van der Waals surface area contributed by atoms with Crippen molar-refractivity contribution < 1.29 is 18.6 Å². The Morgan fingerprint density at radius 3 is 2.33 bits per heavy atom.